The van der Waals surface area contributed by atoms with Crippen LogP contribution in [0.2, 0.25) is 0 Å². The van der Waals surface area contributed by atoms with Gasteiger partial charge in [0.25, 0.3) is 0 Å². The number of benzene rings is 1. The van der Waals surface area contributed by atoms with Crippen LogP contribution in [0, 0.1) is 10.1 Å². The van der Waals surface area contributed by atoms with E-state index in [9.17, 15) is 23.6 Å². The summed E-state index contributed by atoms with van der Waals surface area (Å²) in [5.74, 6) is -0.311. The average molecular weight is 306 g/mol. The Balaban J connectivity index is 3.60. The quantitative estimate of drug-likeness (QED) is 0.456. The number of aliphatic hydroxyl groups excluding tert-OH is 2. The number of ether oxygens (including phenoxy) is 1. The van der Waals surface area contributed by atoms with Crippen LogP contribution in [-0.4, -0.2) is 43.4 Å². The number of primary sulfonamides is 1. The molecule has 1 aromatic carbocycles. The molecule has 0 saturated carbocycles. The largest absolute Gasteiger partial charge is 0.490 e. The predicted molar refractivity (Wildman–Crippen MR) is 67.8 cm³/mol. The lowest BCUT2D eigenvalue weighted by Crippen LogP contribution is -2.21. The molecule has 0 saturated heterocycles. The first-order valence-corrected chi connectivity index (χ1v) is 6.93. The first-order valence-electron chi connectivity index (χ1n) is 5.38. The molecule has 0 aromatic heterocycles. The van der Waals surface area contributed by atoms with Gasteiger partial charge in [-0.05, 0) is 6.07 Å². The van der Waals surface area contributed by atoms with Crippen molar-refractivity contribution in [2.24, 2.45) is 5.14 Å². The molecule has 9 nitrogen and oxygen atoms in total. The monoisotopic (exact) mass is 306 g/mol. The van der Waals surface area contributed by atoms with Gasteiger partial charge in [-0.2, -0.15) is 0 Å². The third kappa shape index (κ3) is 3.42. The van der Waals surface area contributed by atoms with Crippen molar-refractivity contribution in [1.82, 2.24) is 0 Å². The van der Waals surface area contributed by atoms with Crippen LogP contribution in [0.5, 0.6) is 5.75 Å². The van der Waals surface area contributed by atoms with Gasteiger partial charge in [-0.25, -0.2) is 13.6 Å². The molecule has 1 rings (SSSR count). The maximum atomic E-state index is 11.5. The highest BCUT2D eigenvalue weighted by Gasteiger charge is 2.27. The van der Waals surface area contributed by atoms with Crippen LogP contribution < -0.4 is 9.88 Å². The molecular weight excluding hydrogens is 292 g/mol. The fourth-order valence-corrected chi connectivity index (χ4v) is 2.51. The van der Waals surface area contributed by atoms with E-state index < -0.39 is 38.2 Å². The summed E-state index contributed by atoms with van der Waals surface area (Å²) in [4.78, 5) is 9.74. The summed E-state index contributed by atoms with van der Waals surface area (Å²) < 4.78 is 27.8. The molecular formula is C10H14N2O7S. The molecule has 1 aromatic rings. The molecule has 20 heavy (non-hydrogen) atoms. The number of nitrogens with zero attached hydrogens (tertiary/aromatic N) is 1. The van der Waals surface area contributed by atoms with Crippen molar-refractivity contribution in [1.29, 1.82) is 0 Å². The number of nitro groups is 1. The Morgan fingerprint density at radius 2 is 2.10 bits per heavy atom. The van der Waals surface area contributed by atoms with E-state index in [-0.39, 0.29) is 17.7 Å². The molecule has 0 bridgehead atoms. The molecule has 1 unspecified atom stereocenters. The number of hydrogen-bond acceptors (Lipinski definition) is 7. The zero-order chi connectivity index (χ0) is 15.5. The van der Waals surface area contributed by atoms with Gasteiger partial charge >= 0.3 is 5.69 Å². The summed E-state index contributed by atoms with van der Waals surface area (Å²) in [6.45, 7) is -0.643. The van der Waals surface area contributed by atoms with Gasteiger partial charge in [-0.1, -0.05) is 0 Å². The van der Waals surface area contributed by atoms with E-state index in [1.165, 1.54) is 0 Å². The second-order valence-corrected chi connectivity index (χ2v) is 5.47. The molecule has 0 fully saturated rings. The first kappa shape index (κ1) is 16.3. The van der Waals surface area contributed by atoms with Crippen LogP contribution in [0.4, 0.5) is 5.69 Å². The highest BCUT2D eigenvalue weighted by Crippen LogP contribution is 2.35. The Hall–Kier alpha value is -1.75. The number of sulfonamides is 1. The van der Waals surface area contributed by atoms with Gasteiger partial charge in [0.1, 0.15) is 0 Å². The normalized spacial score (nSPS) is 13.0. The Morgan fingerprint density at radius 1 is 1.50 bits per heavy atom. The zero-order valence-electron chi connectivity index (χ0n) is 10.5. The fraction of sp³-hybridized carbons (Fsp3) is 0.400. The maximum absolute atomic E-state index is 11.5. The SMILES string of the molecule is COc1c([N+](=O)[O-])ccc(S(N)(=O)=O)c1CC(O)CO. The third-order valence-electron chi connectivity index (χ3n) is 2.55. The minimum atomic E-state index is -4.16. The molecule has 112 valence electrons. The van der Waals surface area contributed by atoms with E-state index in [1.54, 1.807) is 0 Å². The molecule has 0 aliphatic heterocycles. The summed E-state index contributed by atoms with van der Waals surface area (Å²) in [6.07, 6.45) is -1.65. The molecule has 0 radical (unpaired) electrons. The lowest BCUT2D eigenvalue weighted by Gasteiger charge is -2.15. The molecule has 0 amide bonds. The van der Waals surface area contributed by atoms with Crippen LogP contribution >= 0.6 is 0 Å². The van der Waals surface area contributed by atoms with Crippen molar-refractivity contribution in [3.63, 3.8) is 0 Å². The van der Waals surface area contributed by atoms with Crippen LogP contribution in [0.25, 0.3) is 0 Å². The summed E-state index contributed by atoms with van der Waals surface area (Å²) in [6, 6.07) is 1.92. The summed E-state index contributed by atoms with van der Waals surface area (Å²) >= 11 is 0. The second-order valence-electron chi connectivity index (χ2n) is 3.94. The molecule has 0 aliphatic rings. The Labute approximate surface area is 114 Å². The van der Waals surface area contributed by atoms with Crippen LogP contribution in [0.15, 0.2) is 17.0 Å². The third-order valence-corrected chi connectivity index (χ3v) is 3.55. The van der Waals surface area contributed by atoms with Crippen LogP contribution in [-0.2, 0) is 16.4 Å². The number of rotatable bonds is 6. The highest BCUT2D eigenvalue weighted by molar-refractivity contribution is 7.89. The van der Waals surface area contributed by atoms with Gasteiger partial charge in [0.15, 0.2) is 0 Å². The number of aliphatic hydroxyl groups is 2. The molecule has 1 atom stereocenters. The first-order chi connectivity index (χ1) is 9.22. The smallest absolute Gasteiger partial charge is 0.311 e. The van der Waals surface area contributed by atoms with E-state index in [0.717, 1.165) is 19.2 Å². The van der Waals surface area contributed by atoms with Crippen molar-refractivity contribution in [2.45, 2.75) is 17.4 Å². The van der Waals surface area contributed by atoms with Crippen molar-refractivity contribution in [3.8, 4) is 5.75 Å². The topological polar surface area (TPSA) is 153 Å². The Bertz CT molecular complexity index is 614. The molecule has 4 N–H and O–H groups in total. The number of nitro benzene ring substituents is 1. The molecule has 0 spiro atoms. The summed E-state index contributed by atoms with van der Waals surface area (Å²) in [7, 11) is -3.03. The lowest BCUT2D eigenvalue weighted by molar-refractivity contribution is -0.385. The van der Waals surface area contributed by atoms with Gasteiger partial charge in [-0.3, -0.25) is 10.1 Å². The van der Waals surface area contributed by atoms with Gasteiger partial charge in [0.05, 0.1) is 29.6 Å². The van der Waals surface area contributed by atoms with E-state index in [0.29, 0.717) is 0 Å². The number of methoxy groups -OCH3 is 1. The van der Waals surface area contributed by atoms with Crippen LogP contribution in [0.3, 0.4) is 0 Å². The summed E-state index contributed by atoms with van der Waals surface area (Å²) in [5, 5.41) is 34.2. The fourth-order valence-electron chi connectivity index (χ4n) is 1.73. The minimum absolute atomic E-state index is 0.147. The average Bonchev–Trinajstić information content (AvgIpc) is 2.36. The Kier molecular flexibility index (Phi) is 5.00. The van der Waals surface area contributed by atoms with Crippen molar-refractivity contribution in [2.75, 3.05) is 13.7 Å². The number of nitrogens with two attached hydrogens (primary N) is 1. The standard InChI is InChI=1S/C10H14N2O7S/c1-19-10-7(4-6(14)5-13)9(20(11,17)18)3-2-8(10)12(15)16/h2-3,6,13-14H,4-5H2,1H3,(H2,11,17,18). The van der Waals surface area contributed by atoms with E-state index in [1.807, 2.05) is 0 Å². The van der Waals surface area contributed by atoms with E-state index in [4.69, 9.17) is 15.0 Å². The molecule has 0 aliphatic carbocycles. The van der Waals surface area contributed by atoms with Gasteiger partial charge in [0.2, 0.25) is 15.8 Å². The Morgan fingerprint density at radius 3 is 2.50 bits per heavy atom. The van der Waals surface area contributed by atoms with E-state index in [2.05, 4.69) is 0 Å². The second kappa shape index (κ2) is 6.13. The summed E-state index contributed by atoms with van der Waals surface area (Å²) in [5.41, 5.74) is -0.606. The van der Waals surface area contributed by atoms with Gasteiger partial charge in [-0.15, -0.1) is 0 Å². The van der Waals surface area contributed by atoms with E-state index >= 15 is 0 Å². The van der Waals surface area contributed by atoms with Gasteiger partial charge < -0.3 is 14.9 Å². The van der Waals surface area contributed by atoms with Crippen molar-refractivity contribution in [3.05, 3.63) is 27.8 Å². The van der Waals surface area contributed by atoms with Crippen molar-refractivity contribution >= 4 is 15.7 Å². The maximum Gasteiger partial charge on any atom is 0.311 e. The highest BCUT2D eigenvalue weighted by atomic mass is 32.2. The van der Waals surface area contributed by atoms with Crippen molar-refractivity contribution < 1.29 is 28.3 Å². The lowest BCUT2D eigenvalue weighted by atomic mass is 10.1. The molecule has 10 heteroatoms. The van der Waals surface area contributed by atoms with Crippen LogP contribution in [0.1, 0.15) is 5.56 Å². The zero-order valence-corrected chi connectivity index (χ0v) is 11.3. The number of hydrogen-bond donors (Lipinski definition) is 3. The predicted octanol–water partition coefficient (Wildman–Crippen LogP) is -0.853. The van der Waals surface area contributed by atoms with Gasteiger partial charge in [0, 0.05) is 18.1 Å². The molecule has 0 heterocycles. The minimum Gasteiger partial charge on any atom is -0.490 e.